The Morgan fingerprint density at radius 3 is 2.89 bits per heavy atom. The van der Waals surface area contributed by atoms with Crippen LogP contribution in [-0.2, 0) is 0 Å². The number of benzene rings is 1. The fraction of sp³-hybridized carbons (Fsp3) is 0.154. The zero-order valence-corrected chi connectivity index (χ0v) is 10.3. The highest BCUT2D eigenvalue weighted by Crippen LogP contribution is 2.23. The monoisotopic (exact) mass is 259 g/mol. The normalized spacial score (nSPS) is 9.95. The second-order valence-corrected chi connectivity index (χ2v) is 3.68. The average molecular weight is 259 g/mol. The zero-order chi connectivity index (χ0) is 13.7. The summed E-state index contributed by atoms with van der Waals surface area (Å²) in [7, 11) is 0. The van der Waals surface area contributed by atoms with Crippen LogP contribution in [0.4, 0.5) is 5.69 Å². The van der Waals surface area contributed by atoms with Crippen molar-refractivity contribution in [3.63, 3.8) is 0 Å². The molecule has 1 aromatic carbocycles. The standard InChI is InChI=1S/C13H13N3O3/c1-2-19-11-6-4-3-5-9(11)16-13(18)10-7-15-12(17)8-14-10/h3-8H,2H2,1H3,(H,15,17)(H,16,18). The number of carbonyl (C=O) groups excluding carboxylic acids is 1. The van der Waals surface area contributed by atoms with Gasteiger partial charge in [-0.3, -0.25) is 9.59 Å². The Bertz CT molecular complexity index is 617. The summed E-state index contributed by atoms with van der Waals surface area (Å²) in [5.41, 5.74) is 0.333. The first-order valence-corrected chi connectivity index (χ1v) is 5.78. The third-order valence-corrected chi connectivity index (χ3v) is 2.34. The van der Waals surface area contributed by atoms with Crippen LogP contribution in [0.2, 0.25) is 0 Å². The van der Waals surface area contributed by atoms with E-state index in [-0.39, 0.29) is 11.3 Å². The van der Waals surface area contributed by atoms with E-state index in [1.807, 2.05) is 13.0 Å². The smallest absolute Gasteiger partial charge is 0.275 e. The summed E-state index contributed by atoms with van der Waals surface area (Å²) >= 11 is 0. The minimum absolute atomic E-state index is 0.130. The summed E-state index contributed by atoms with van der Waals surface area (Å²) < 4.78 is 5.40. The van der Waals surface area contributed by atoms with Crippen LogP contribution in [0.3, 0.4) is 0 Å². The maximum atomic E-state index is 11.9. The number of aromatic amines is 1. The molecular formula is C13H13N3O3. The van der Waals surface area contributed by atoms with Crippen molar-refractivity contribution in [2.45, 2.75) is 6.92 Å². The van der Waals surface area contributed by atoms with Crippen LogP contribution in [0.25, 0.3) is 0 Å². The zero-order valence-electron chi connectivity index (χ0n) is 10.3. The Morgan fingerprint density at radius 1 is 1.42 bits per heavy atom. The van der Waals surface area contributed by atoms with E-state index in [1.165, 1.54) is 6.20 Å². The number of anilines is 1. The molecule has 0 fully saturated rings. The lowest BCUT2D eigenvalue weighted by molar-refractivity contribution is 0.102. The van der Waals surface area contributed by atoms with Gasteiger partial charge in [0, 0.05) is 6.20 Å². The molecule has 0 saturated carbocycles. The molecule has 6 nitrogen and oxygen atoms in total. The molecule has 1 heterocycles. The average Bonchev–Trinajstić information content (AvgIpc) is 2.42. The Balaban J connectivity index is 2.19. The quantitative estimate of drug-likeness (QED) is 0.869. The number of carbonyl (C=O) groups is 1. The molecule has 1 amide bonds. The van der Waals surface area contributed by atoms with E-state index in [0.29, 0.717) is 18.0 Å². The number of nitrogens with zero attached hydrogens (tertiary/aromatic N) is 1. The van der Waals surface area contributed by atoms with Gasteiger partial charge in [0.15, 0.2) is 0 Å². The molecule has 6 heteroatoms. The van der Waals surface area contributed by atoms with Gasteiger partial charge in [0.25, 0.3) is 11.5 Å². The van der Waals surface area contributed by atoms with Crippen molar-refractivity contribution in [1.82, 2.24) is 9.97 Å². The van der Waals surface area contributed by atoms with Crippen molar-refractivity contribution in [2.75, 3.05) is 11.9 Å². The van der Waals surface area contributed by atoms with Crippen molar-refractivity contribution >= 4 is 11.6 Å². The fourth-order valence-corrected chi connectivity index (χ4v) is 1.50. The molecule has 19 heavy (non-hydrogen) atoms. The van der Waals surface area contributed by atoms with E-state index in [0.717, 1.165) is 6.20 Å². The molecule has 2 N–H and O–H groups in total. The summed E-state index contributed by atoms with van der Waals surface area (Å²) in [6.07, 6.45) is 2.32. The molecule has 0 spiro atoms. The second kappa shape index (κ2) is 5.81. The molecule has 0 aliphatic rings. The molecule has 1 aromatic heterocycles. The van der Waals surface area contributed by atoms with Gasteiger partial charge in [-0.1, -0.05) is 12.1 Å². The first-order chi connectivity index (χ1) is 9.20. The van der Waals surface area contributed by atoms with Crippen molar-refractivity contribution in [3.05, 3.63) is 52.7 Å². The molecule has 0 unspecified atom stereocenters. The van der Waals surface area contributed by atoms with Crippen LogP contribution >= 0.6 is 0 Å². The number of aromatic nitrogens is 2. The molecule has 0 saturated heterocycles. The minimum atomic E-state index is -0.414. The number of para-hydroxylation sites is 2. The molecular weight excluding hydrogens is 246 g/mol. The van der Waals surface area contributed by atoms with Crippen LogP contribution < -0.4 is 15.6 Å². The lowest BCUT2D eigenvalue weighted by Crippen LogP contribution is -2.17. The molecule has 0 aliphatic heterocycles. The SMILES string of the molecule is CCOc1ccccc1NC(=O)c1c[nH]c(=O)cn1. The lowest BCUT2D eigenvalue weighted by atomic mass is 10.3. The van der Waals surface area contributed by atoms with Crippen molar-refractivity contribution in [3.8, 4) is 5.75 Å². The predicted octanol–water partition coefficient (Wildman–Crippen LogP) is 1.42. The van der Waals surface area contributed by atoms with Gasteiger partial charge in [0.05, 0.1) is 18.5 Å². The minimum Gasteiger partial charge on any atom is -0.492 e. The summed E-state index contributed by atoms with van der Waals surface area (Å²) in [5.74, 6) is 0.172. The molecule has 2 aromatic rings. The van der Waals surface area contributed by atoms with E-state index in [2.05, 4.69) is 15.3 Å². The van der Waals surface area contributed by atoms with E-state index >= 15 is 0 Å². The highest BCUT2D eigenvalue weighted by molar-refractivity contribution is 6.03. The third kappa shape index (κ3) is 3.19. The number of rotatable bonds is 4. The van der Waals surface area contributed by atoms with E-state index in [4.69, 9.17) is 4.74 Å². The third-order valence-electron chi connectivity index (χ3n) is 2.34. The highest BCUT2D eigenvalue weighted by Gasteiger charge is 2.10. The number of ether oxygens (including phenoxy) is 1. The van der Waals surface area contributed by atoms with Crippen LogP contribution in [-0.4, -0.2) is 22.5 Å². The predicted molar refractivity (Wildman–Crippen MR) is 70.4 cm³/mol. The number of hydrogen-bond donors (Lipinski definition) is 2. The van der Waals surface area contributed by atoms with Gasteiger partial charge >= 0.3 is 0 Å². The molecule has 0 bridgehead atoms. The lowest BCUT2D eigenvalue weighted by Gasteiger charge is -2.10. The summed E-state index contributed by atoms with van der Waals surface area (Å²) in [6, 6.07) is 7.10. The van der Waals surface area contributed by atoms with Crippen LogP contribution in [0.1, 0.15) is 17.4 Å². The van der Waals surface area contributed by atoms with Crippen molar-refractivity contribution in [1.29, 1.82) is 0 Å². The van der Waals surface area contributed by atoms with Gasteiger partial charge in [-0.05, 0) is 19.1 Å². The summed E-state index contributed by atoms with van der Waals surface area (Å²) in [4.78, 5) is 29.0. The van der Waals surface area contributed by atoms with Crippen molar-refractivity contribution in [2.24, 2.45) is 0 Å². The van der Waals surface area contributed by atoms with Crippen molar-refractivity contribution < 1.29 is 9.53 Å². The maximum absolute atomic E-state index is 11.9. The maximum Gasteiger partial charge on any atom is 0.275 e. The van der Waals surface area contributed by atoms with Gasteiger partial charge in [0.1, 0.15) is 11.4 Å². The van der Waals surface area contributed by atoms with Crippen LogP contribution in [0, 0.1) is 0 Å². The largest absolute Gasteiger partial charge is 0.492 e. The molecule has 2 rings (SSSR count). The Labute approximate surface area is 109 Å². The molecule has 98 valence electrons. The Hall–Kier alpha value is -2.63. The van der Waals surface area contributed by atoms with E-state index in [1.54, 1.807) is 18.2 Å². The Morgan fingerprint density at radius 2 is 2.21 bits per heavy atom. The molecule has 0 aliphatic carbocycles. The van der Waals surface area contributed by atoms with Gasteiger partial charge in [0.2, 0.25) is 0 Å². The topological polar surface area (TPSA) is 84.1 Å². The number of H-pyrrole nitrogens is 1. The summed E-state index contributed by atoms with van der Waals surface area (Å²) in [5, 5.41) is 2.68. The molecule has 0 radical (unpaired) electrons. The second-order valence-electron chi connectivity index (χ2n) is 3.68. The van der Waals surface area contributed by atoms with Gasteiger partial charge < -0.3 is 15.0 Å². The summed E-state index contributed by atoms with van der Waals surface area (Å²) in [6.45, 7) is 2.37. The highest BCUT2D eigenvalue weighted by atomic mass is 16.5. The van der Waals surface area contributed by atoms with Gasteiger partial charge in [-0.25, -0.2) is 4.98 Å². The van der Waals surface area contributed by atoms with Gasteiger partial charge in [-0.2, -0.15) is 0 Å². The first kappa shape index (κ1) is 12.8. The number of hydrogen-bond acceptors (Lipinski definition) is 4. The Kier molecular flexibility index (Phi) is 3.92. The van der Waals surface area contributed by atoms with E-state index in [9.17, 15) is 9.59 Å². The van der Waals surface area contributed by atoms with Gasteiger partial charge in [-0.15, -0.1) is 0 Å². The van der Waals surface area contributed by atoms with E-state index < -0.39 is 5.91 Å². The number of nitrogens with one attached hydrogen (secondary N) is 2. The number of amides is 1. The first-order valence-electron chi connectivity index (χ1n) is 5.78. The molecule has 0 atom stereocenters. The fourth-order valence-electron chi connectivity index (χ4n) is 1.50. The van der Waals surface area contributed by atoms with Crippen LogP contribution in [0.15, 0.2) is 41.5 Å². The van der Waals surface area contributed by atoms with Crippen LogP contribution in [0.5, 0.6) is 5.75 Å².